The summed E-state index contributed by atoms with van der Waals surface area (Å²) in [5.41, 5.74) is 0.248. The molecule has 3 fully saturated rings. The first kappa shape index (κ1) is 24.6. The smallest absolute Gasteiger partial charge is 0.246 e. The van der Waals surface area contributed by atoms with E-state index in [2.05, 4.69) is 25.2 Å². The summed E-state index contributed by atoms with van der Waals surface area (Å²) < 4.78 is -1.86. The van der Waals surface area contributed by atoms with Crippen molar-refractivity contribution in [2.45, 2.75) is 74.7 Å². The Morgan fingerprint density at radius 1 is 1.22 bits per heavy atom. The van der Waals surface area contributed by atoms with Gasteiger partial charge in [-0.05, 0) is 73.7 Å². The molecular weight excluding hydrogens is 471 g/mol. The molecule has 1 unspecified atom stereocenters. The number of alkyl halides is 3. The summed E-state index contributed by atoms with van der Waals surface area (Å²) in [5, 5.41) is 12.9. The number of rotatable bonds is 4. The highest BCUT2D eigenvalue weighted by atomic mass is 35.6. The van der Waals surface area contributed by atoms with Gasteiger partial charge in [0.1, 0.15) is 6.10 Å². The van der Waals surface area contributed by atoms with Crippen LogP contribution in [0.2, 0.25) is 0 Å². The Morgan fingerprint density at radius 3 is 2.62 bits per heavy atom. The molecule has 4 rings (SSSR count). The molecule has 1 aliphatic heterocycles. The van der Waals surface area contributed by atoms with E-state index in [-0.39, 0.29) is 29.1 Å². The van der Waals surface area contributed by atoms with Crippen LogP contribution in [0.1, 0.15) is 58.8 Å². The molecule has 0 radical (unpaired) electrons. The number of nitrogens with zero attached hydrogens (tertiary/aromatic N) is 1. The molecule has 0 aromatic rings. The van der Waals surface area contributed by atoms with E-state index in [4.69, 9.17) is 34.8 Å². The number of hydrogen-bond donors (Lipinski definition) is 2. The van der Waals surface area contributed by atoms with Crippen LogP contribution in [0, 0.1) is 34.5 Å². The molecule has 2 N–H and O–H groups in total. The lowest BCUT2D eigenvalue weighted by atomic mass is 9.47. The van der Waals surface area contributed by atoms with E-state index in [1.165, 1.54) is 12.8 Å². The third-order valence-electron chi connectivity index (χ3n) is 9.63. The molecule has 3 saturated carbocycles. The van der Waals surface area contributed by atoms with Crippen LogP contribution < -0.4 is 5.32 Å². The van der Waals surface area contributed by atoms with Gasteiger partial charge in [0.25, 0.3) is 0 Å². The summed E-state index contributed by atoms with van der Waals surface area (Å²) in [6.07, 6.45) is 9.29. The highest BCUT2D eigenvalue weighted by molar-refractivity contribution is 6.68. The summed E-state index contributed by atoms with van der Waals surface area (Å²) in [5.74, 6) is 2.16. The number of fused-ring (bicyclic) bond motifs is 5. The predicted octanol–water partition coefficient (Wildman–Crippen LogP) is 4.48. The molecule has 5 nitrogen and oxygen atoms in total. The second-order valence-corrected chi connectivity index (χ2v) is 13.4. The number of hydrogen-bond acceptors (Lipinski definition) is 3. The van der Waals surface area contributed by atoms with Crippen molar-refractivity contribution in [3.05, 3.63) is 12.2 Å². The SMILES string of the molecule is CN1C(=O)C=C[C@]2(C)[C@H]3CC[C@]4(C)[C@@H](CNC(=O)CC(O)C(Cl)(Cl)Cl)CC[C@H]4[C@@H]3CC[C@@H]12. The van der Waals surface area contributed by atoms with Crippen molar-refractivity contribution in [2.75, 3.05) is 13.6 Å². The van der Waals surface area contributed by atoms with Gasteiger partial charge in [-0.2, -0.15) is 0 Å². The van der Waals surface area contributed by atoms with Crippen LogP contribution in [-0.4, -0.2) is 51.4 Å². The topological polar surface area (TPSA) is 69.6 Å². The van der Waals surface area contributed by atoms with Crippen LogP contribution in [0.5, 0.6) is 0 Å². The Labute approximate surface area is 206 Å². The summed E-state index contributed by atoms with van der Waals surface area (Å²) >= 11 is 17.1. The van der Waals surface area contributed by atoms with Crippen molar-refractivity contribution in [3.63, 3.8) is 0 Å². The van der Waals surface area contributed by atoms with E-state index in [9.17, 15) is 14.7 Å². The van der Waals surface area contributed by atoms with E-state index in [1.807, 2.05) is 11.9 Å². The van der Waals surface area contributed by atoms with Crippen LogP contribution in [0.25, 0.3) is 0 Å². The van der Waals surface area contributed by atoms with Crippen LogP contribution in [0.4, 0.5) is 0 Å². The summed E-state index contributed by atoms with van der Waals surface area (Å²) in [6, 6.07) is 0.298. The first-order chi connectivity index (χ1) is 14.9. The summed E-state index contributed by atoms with van der Waals surface area (Å²) in [7, 11) is 1.95. The number of carbonyl (C=O) groups is 2. The zero-order valence-corrected chi connectivity index (χ0v) is 21.4. The first-order valence-electron chi connectivity index (χ1n) is 11.9. The Hall–Kier alpha value is -0.490. The lowest BCUT2D eigenvalue weighted by molar-refractivity contribution is -0.139. The first-order valence-corrected chi connectivity index (χ1v) is 13.0. The highest BCUT2D eigenvalue weighted by Crippen LogP contribution is 2.65. The Kier molecular flexibility index (Phi) is 6.64. The van der Waals surface area contributed by atoms with Crippen LogP contribution in [-0.2, 0) is 9.59 Å². The van der Waals surface area contributed by atoms with Gasteiger partial charge in [-0.15, -0.1) is 0 Å². The molecule has 4 aliphatic rings. The standard InChI is InChI=1S/C24H35Cl3N2O3/c1-22-10-8-17-15(5-7-18-23(17,2)11-9-21(32)29(18)3)16(22)6-4-14(22)13-28-20(31)12-19(30)24(25,26)27/h9,11,14-19,30H,4-8,10,12-13H2,1-3H3,(H,28,31)/t14-,15+,16+,17+,18-,19?,22-,23-/m1/s1. The lowest BCUT2D eigenvalue weighted by Crippen LogP contribution is -2.59. The Bertz CT molecular complexity index is 800. The minimum Gasteiger partial charge on any atom is -0.388 e. The lowest BCUT2D eigenvalue weighted by Gasteiger charge is -2.60. The van der Waals surface area contributed by atoms with E-state index in [1.54, 1.807) is 6.08 Å². The number of halogens is 3. The third kappa shape index (κ3) is 4.10. The van der Waals surface area contributed by atoms with E-state index in [0.29, 0.717) is 36.3 Å². The van der Waals surface area contributed by atoms with Gasteiger partial charge in [0.2, 0.25) is 15.6 Å². The van der Waals surface area contributed by atoms with Gasteiger partial charge >= 0.3 is 0 Å². The molecular formula is C24H35Cl3N2O3. The van der Waals surface area contributed by atoms with Crippen molar-refractivity contribution in [1.29, 1.82) is 0 Å². The minimum absolute atomic E-state index is 0.0481. The molecule has 180 valence electrons. The molecule has 0 saturated heterocycles. The van der Waals surface area contributed by atoms with Crippen molar-refractivity contribution >= 4 is 46.6 Å². The van der Waals surface area contributed by atoms with Gasteiger partial charge in [-0.25, -0.2) is 0 Å². The monoisotopic (exact) mass is 504 g/mol. The number of likely N-dealkylation sites (N-methyl/N-ethyl adjacent to an activating group) is 1. The van der Waals surface area contributed by atoms with Crippen LogP contribution in [0.3, 0.4) is 0 Å². The fourth-order valence-electron chi connectivity index (χ4n) is 7.78. The quantitative estimate of drug-likeness (QED) is 0.554. The Balaban J connectivity index is 1.43. The average Bonchev–Trinajstić information content (AvgIpc) is 3.05. The largest absolute Gasteiger partial charge is 0.388 e. The van der Waals surface area contributed by atoms with E-state index < -0.39 is 9.90 Å². The molecule has 8 heteroatoms. The molecule has 0 aromatic heterocycles. The number of aliphatic hydroxyl groups is 1. The summed E-state index contributed by atoms with van der Waals surface area (Å²) in [4.78, 5) is 26.5. The maximum atomic E-state index is 12.3. The highest BCUT2D eigenvalue weighted by Gasteiger charge is 2.60. The van der Waals surface area contributed by atoms with Crippen LogP contribution in [0.15, 0.2) is 12.2 Å². The fraction of sp³-hybridized carbons (Fsp3) is 0.833. The molecule has 1 heterocycles. The van der Waals surface area contributed by atoms with Gasteiger partial charge in [0.05, 0.1) is 6.42 Å². The second kappa shape index (κ2) is 8.62. The third-order valence-corrected chi connectivity index (χ3v) is 10.4. The predicted molar refractivity (Wildman–Crippen MR) is 127 cm³/mol. The molecule has 0 aromatic carbocycles. The number of nitrogens with one attached hydrogen (secondary N) is 1. The number of carbonyl (C=O) groups excluding carboxylic acids is 2. The van der Waals surface area contributed by atoms with Crippen molar-refractivity contribution in [2.24, 2.45) is 34.5 Å². The molecule has 3 aliphatic carbocycles. The van der Waals surface area contributed by atoms with E-state index in [0.717, 1.165) is 25.7 Å². The van der Waals surface area contributed by atoms with Gasteiger partial charge in [0, 0.05) is 25.0 Å². The maximum Gasteiger partial charge on any atom is 0.246 e. The Morgan fingerprint density at radius 2 is 1.94 bits per heavy atom. The number of aliphatic hydroxyl groups excluding tert-OH is 1. The normalized spacial score (nSPS) is 42.2. The zero-order chi connectivity index (χ0) is 23.5. The van der Waals surface area contributed by atoms with Crippen molar-refractivity contribution in [3.8, 4) is 0 Å². The maximum absolute atomic E-state index is 12.3. The molecule has 2 amide bonds. The van der Waals surface area contributed by atoms with Crippen molar-refractivity contribution in [1.82, 2.24) is 10.2 Å². The van der Waals surface area contributed by atoms with Crippen molar-refractivity contribution < 1.29 is 14.7 Å². The zero-order valence-electron chi connectivity index (χ0n) is 19.1. The van der Waals surface area contributed by atoms with Crippen LogP contribution >= 0.6 is 34.8 Å². The van der Waals surface area contributed by atoms with Gasteiger partial charge in [-0.1, -0.05) is 54.7 Å². The molecule has 32 heavy (non-hydrogen) atoms. The molecule has 0 bridgehead atoms. The van der Waals surface area contributed by atoms with Gasteiger partial charge < -0.3 is 15.3 Å². The summed E-state index contributed by atoms with van der Waals surface area (Å²) in [6.45, 7) is 5.38. The fourth-order valence-corrected chi connectivity index (χ4v) is 8.01. The van der Waals surface area contributed by atoms with E-state index >= 15 is 0 Å². The molecule has 8 atom stereocenters. The minimum atomic E-state index is -1.86. The van der Waals surface area contributed by atoms with Gasteiger partial charge in [-0.3, -0.25) is 9.59 Å². The second-order valence-electron chi connectivity index (χ2n) is 11.0. The average molecular weight is 506 g/mol. The molecule has 0 spiro atoms. The van der Waals surface area contributed by atoms with Gasteiger partial charge in [0.15, 0.2) is 0 Å². The number of amides is 2.